The minimum atomic E-state index is -0.524. The fourth-order valence-corrected chi connectivity index (χ4v) is 2.05. The van der Waals surface area contributed by atoms with Crippen molar-refractivity contribution in [2.45, 2.75) is 38.8 Å². The Hall–Kier alpha value is -1.10. The SMILES string of the molecule is CC(C)C(C(N)=O)N1CCCC(N)C1=O. The molecular formula is C10H19N3O2. The first-order valence-corrected chi connectivity index (χ1v) is 5.30. The van der Waals surface area contributed by atoms with E-state index in [0.717, 1.165) is 6.42 Å². The maximum absolute atomic E-state index is 11.8. The molecule has 0 aromatic heterocycles. The van der Waals surface area contributed by atoms with Crippen LogP contribution in [0.25, 0.3) is 0 Å². The number of primary amides is 1. The second-order valence-corrected chi connectivity index (χ2v) is 4.37. The van der Waals surface area contributed by atoms with Crippen molar-refractivity contribution in [2.24, 2.45) is 17.4 Å². The molecule has 1 saturated heterocycles. The van der Waals surface area contributed by atoms with Crippen LogP contribution in [0.1, 0.15) is 26.7 Å². The summed E-state index contributed by atoms with van der Waals surface area (Å²) in [6.45, 7) is 4.34. The van der Waals surface area contributed by atoms with Crippen molar-refractivity contribution in [3.05, 3.63) is 0 Å². The molecular weight excluding hydrogens is 194 g/mol. The average Bonchev–Trinajstić information content (AvgIpc) is 2.11. The number of hydrogen-bond donors (Lipinski definition) is 2. The molecule has 1 aliphatic heterocycles. The molecule has 5 nitrogen and oxygen atoms in total. The van der Waals surface area contributed by atoms with Gasteiger partial charge in [-0.25, -0.2) is 0 Å². The van der Waals surface area contributed by atoms with Gasteiger partial charge < -0.3 is 16.4 Å². The zero-order valence-corrected chi connectivity index (χ0v) is 9.27. The van der Waals surface area contributed by atoms with E-state index in [2.05, 4.69) is 0 Å². The second kappa shape index (κ2) is 4.61. The highest BCUT2D eigenvalue weighted by atomic mass is 16.2. The molecule has 15 heavy (non-hydrogen) atoms. The summed E-state index contributed by atoms with van der Waals surface area (Å²) in [4.78, 5) is 24.6. The lowest BCUT2D eigenvalue weighted by molar-refractivity contribution is -0.144. The fraction of sp³-hybridized carbons (Fsp3) is 0.800. The monoisotopic (exact) mass is 213 g/mol. The van der Waals surface area contributed by atoms with E-state index in [0.29, 0.717) is 13.0 Å². The molecule has 0 aliphatic carbocycles. The third-order valence-corrected chi connectivity index (χ3v) is 2.77. The quantitative estimate of drug-likeness (QED) is 0.659. The van der Waals surface area contributed by atoms with Crippen molar-refractivity contribution in [3.63, 3.8) is 0 Å². The summed E-state index contributed by atoms with van der Waals surface area (Å²) in [7, 11) is 0. The summed E-state index contributed by atoms with van der Waals surface area (Å²) >= 11 is 0. The van der Waals surface area contributed by atoms with Crippen molar-refractivity contribution in [2.75, 3.05) is 6.54 Å². The van der Waals surface area contributed by atoms with Crippen LogP contribution in [0.4, 0.5) is 0 Å². The van der Waals surface area contributed by atoms with Crippen LogP contribution in [0.15, 0.2) is 0 Å². The van der Waals surface area contributed by atoms with Crippen molar-refractivity contribution < 1.29 is 9.59 Å². The molecule has 4 N–H and O–H groups in total. The van der Waals surface area contributed by atoms with Crippen LogP contribution >= 0.6 is 0 Å². The Morgan fingerprint density at radius 3 is 2.60 bits per heavy atom. The molecule has 1 aliphatic rings. The Kier molecular flexibility index (Phi) is 3.68. The lowest BCUT2D eigenvalue weighted by Crippen LogP contribution is -2.57. The van der Waals surface area contributed by atoms with E-state index in [-0.39, 0.29) is 11.8 Å². The van der Waals surface area contributed by atoms with Crippen LogP contribution in [-0.4, -0.2) is 35.3 Å². The van der Waals surface area contributed by atoms with Gasteiger partial charge in [-0.3, -0.25) is 9.59 Å². The highest BCUT2D eigenvalue weighted by Gasteiger charge is 2.35. The molecule has 86 valence electrons. The van der Waals surface area contributed by atoms with Gasteiger partial charge in [-0.1, -0.05) is 13.8 Å². The molecule has 2 unspecified atom stereocenters. The molecule has 2 amide bonds. The van der Waals surface area contributed by atoms with Gasteiger partial charge in [0.25, 0.3) is 0 Å². The Morgan fingerprint density at radius 1 is 1.53 bits per heavy atom. The summed E-state index contributed by atoms with van der Waals surface area (Å²) in [6.07, 6.45) is 1.53. The van der Waals surface area contributed by atoms with Gasteiger partial charge in [-0.15, -0.1) is 0 Å². The van der Waals surface area contributed by atoms with E-state index in [1.807, 2.05) is 13.8 Å². The highest BCUT2D eigenvalue weighted by molar-refractivity contribution is 5.89. The highest BCUT2D eigenvalue weighted by Crippen LogP contribution is 2.18. The minimum Gasteiger partial charge on any atom is -0.368 e. The number of rotatable bonds is 3. The zero-order chi connectivity index (χ0) is 11.6. The molecule has 0 aromatic carbocycles. The van der Waals surface area contributed by atoms with Crippen LogP contribution in [-0.2, 0) is 9.59 Å². The maximum Gasteiger partial charge on any atom is 0.240 e. The molecule has 0 aromatic rings. The number of nitrogens with two attached hydrogens (primary N) is 2. The minimum absolute atomic E-state index is 0.0248. The number of amides is 2. The molecule has 5 heteroatoms. The van der Waals surface area contributed by atoms with Gasteiger partial charge in [0.15, 0.2) is 0 Å². The van der Waals surface area contributed by atoms with Crippen LogP contribution in [0.3, 0.4) is 0 Å². The second-order valence-electron chi connectivity index (χ2n) is 4.37. The third-order valence-electron chi connectivity index (χ3n) is 2.77. The number of nitrogens with zero attached hydrogens (tertiary/aromatic N) is 1. The number of hydrogen-bond acceptors (Lipinski definition) is 3. The normalized spacial score (nSPS) is 24.4. The lowest BCUT2D eigenvalue weighted by Gasteiger charge is -2.37. The predicted molar refractivity (Wildman–Crippen MR) is 56.7 cm³/mol. The number of likely N-dealkylation sites (tertiary alicyclic amines) is 1. The van der Waals surface area contributed by atoms with Crippen molar-refractivity contribution >= 4 is 11.8 Å². The van der Waals surface area contributed by atoms with Gasteiger partial charge in [0, 0.05) is 6.54 Å². The predicted octanol–water partition coefficient (Wildman–Crippen LogP) is -0.554. The molecule has 0 saturated carbocycles. The lowest BCUT2D eigenvalue weighted by atomic mass is 9.97. The van der Waals surface area contributed by atoms with E-state index in [1.54, 1.807) is 0 Å². The Balaban J connectivity index is 2.83. The van der Waals surface area contributed by atoms with Crippen molar-refractivity contribution in [1.29, 1.82) is 0 Å². The topological polar surface area (TPSA) is 89.4 Å². The molecule has 0 bridgehead atoms. The van der Waals surface area contributed by atoms with E-state index in [4.69, 9.17) is 11.5 Å². The molecule has 1 rings (SSSR count). The Labute approximate surface area is 89.8 Å². The molecule has 1 fully saturated rings. The number of carbonyl (C=O) groups is 2. The fourth-order valence-electron chi connectivity index (χ4n) is 2.05. The smallest absolute Gasteiger partial charge is 0.240 e. The summed E-state index contributed by atoms with van der Waals surface area (Å²) < 4.78 is 0. The summed E-state index contributed by atoms with van der Waals surface area (Å²) in [5.41, 5.74) is 11.0. The number of piperidine rings is 1. The molecule has 0 radical (unpaired) electrons. The van der Waals surface area contributed by atoms with Crippen LogP contribution < -0.4 is 11.5 Å². The van der Waals surface area contributed by atoms with Crippen LogP contribution in [0, 0.1) is 5.92 Å². The number of carbonyl (C=O) groups excluding carboxylic acids is 2. The Morgan fingerprint density at radius 2 is 2.13 bits per heavy atom. The van der Waals surface area contributed by atoms with Gasteiger partial charge >= 0.3 is 0 Å². The van der Waals surface area contributed by atoms with Gasteiger partial charge in [-0.2, -0.15) is 0 Å². The molecule has 1 heterocycles. The van der Waals surface area contributed by atoms with Gasteiger partial charge in [0.1, 0.15) is 6.04 Å². The summed E-state index contributed by atoms with van der Waals surface area (Å²) in [5, 5.41) is 0. The first kappa shape index (κ1) is 12.0. The van der Waals surface area contributed by atoms with Crippen molar-refractivity contribution in [1.82, 2.24) is 4.90 Å². The summed E-state index contributed by atoms with van der Waals surface area (Å²) in [6, 6.07) is -0.997. The van der Waals surface area contributed by atoms with E-state index >= 15 is 0 Å². The van der Waals surface area contributed by atoms with Gasteiger partial charge in [0.2, 0.25) is 11.8 Å². The first-order chi connectivity index (χ1) is 6.95. The van der Waals surface area contributed by atoms with E-state index < -0.39 is 18.0 Å². The Bertz CT molecular complexity index is 265. The van der Waals surface area contributed by atoms with E-state index in [1.165, 1.54) is 4.90 Å². The zero-order valence-electron chi connectivity index (χ0n) is 9.27. The standard InChI is InChI=1S/C10H19N3O2/c1-6(2)8(9(12)14)13-5-3-4-7(11)10(13)15/h6-8H,3-5,11H2,1-2H3,(H2,12,14). The largest absolute Gasteiger partial charge is 0.368 e. The molecule has 2 atom stereocenters. The third kappa shape index (κ3) is 2.47. The van der Waals surface area contributed by atoms with E-state index in [9.17, 15) is 9.59 Å². The van der Waals surface area contributed by atoms with Crippen LogP contribution in [0.2, 0.25) is 0 Å². The maximum atomic E-state index is 11.8. The van der Waals surface area contributed by atoms with Gasteiger partial charge in [-0.05, 0) is 18.8 Å². The van der Waals surface area contributed by atoms with Crippen molar-refractivity contribution in [3.8, 4) is 0 Å². The summed E-state index contributed by atoms with van der Waals surface area (Å²) in [5.74, 6) is -0.581. The first-order valence-electron chi connectivity index (χ1n) is 5.30. The van der Waals surface area contributed by atoms with Gasteiger partial charge in [0.05, 0.1) is 6.04 Å². The molecule has 0 spiro atoms. The van der Waals surface area contributed by atoms with Crippen LogP contribution in [0.5, 0.6) is 0 Å². The average molecular weight is 213 g/mol.